The van der Waals surface area contributed by atoms with Gasteiger partial charge in [0, 0.05) is 12.0 Å². The summed E-state index contributed by atoms with van der Waals surface area (Å²) in [6, 6.07) is 18.4. The predicted octanol–water partition coefficient (Wildman–Crippen LogP) is 3.13. The van der Waals surface area contributed by atoms with E-state index >= 15 is 0 Å². The van der Waals surface area contributed by atoms with Gasteiger partial charge in [-0.3, -0.25) is 4.79 Å². The second kappa shape index (κ2) is 7.83. The quantitative estimate of drug-likeness (QED) is 0.857. The maximum absolute atomic E-state index is 12.8. The number of hydrogen-bond donors (Lipinski definition) is 2. The van der Waals surface area contributed by atoms with E-state index in [1.807, 2.05) is 37.3 Å². The molecule has 1 saturated heterocycles. The van der Waals surface area contributed by atoms with Gasteiger partial charge >= 0.3 is 0 Å². The van der Waals surface area contributed by atoms with E-state index in [1.54, 1.807) is 0 Å². The van der Waals surface area contributed by atoms with Crippen LogP contribution in [0.15, 0.2) is 54.6 Å². The van der Waals surface area contributed by atoms with Crippen molar-refractivity contribution in [3.63, 3.8) is 0 Å². The zero-order chi connectivity index (χ0) is 18.7. The molecule has 2 unspecified atom stereocenters. The molecule has 1 heterocycles. The topological polar surface area (TPSA) is 50.4 Å². The minimum Gasteiger partial charge on any atom is -0.375 e. The predicted molar refractivity (Wildman–Crippen MR) is 107 cm³/mol. The molecule has 2 atom stereocenters. The van der Waals surface area contributed by atoms with Gasteiger partial charge in [0.05, 0.1) is 18.6 Å². The summed E-state index contributed by atoms with van der Waals surface area (Å²) < 4.78 is 6.30. The highest BCUT2D eigenvalue weighted by Crippen LogP contribution is 2.51. The van der Waals surface area contributed by atoms with Gasteiger partial charge < -0.3 is 15.4 Å². The summed E-state index contributed by atoms with van der Waals surface area (Å²) in [5, 5.41) is 6.78. The lowest BCUT2D eigenvalue weighted by atomic mass is 9.72. The number of hydrogen-bond acceptors (Lipinski definition) is 3. The van der Waals surface area contributed by atoms with E-state index < -0.39 is 0 Å². The van der Waals surface area contributed by atoms with E-state index in [0.717, 1.165) is 31.5 Å². The summed E-state index contributed by atoms with van der Waals surface area (Å²) in [5.41, 5.74) is 3.60. The zero-order valence-electron chi connectivity index (χ0n) is 15.9. The fourth-order valence-corrected chi connectivity index (χ4v) is 4.88. The second-order valence-corrected chi connectivity index (χ2v) is 7.58. The number of rotatable bonds is 5. The lowest BCUT2D eigenvalue weighted by Gasteiger charge is -2.41. The van der Waals surface area contributed by atoms with E-state index in [9.17, 15) is 4.79 Å². The summed E-state index contributed by atoms with van der Waals surface area (Å²) in [4.78, 5) is 12.8. The largest absolute Gasteiger partial charge is 0.375 e. The van der Waals surface area contributed by atoms with Crippen molar-refractivity contribution in [3.8, 4) is 0 Å². The minimum atomic E-state index is -0.0875. The van der Waals surface area contributed by atoms with E-state index in [1.165, 1.54) is 11.1 Å². The Morgan fingerprint density at radius 1 is 1.11 bits per heavy atom. The van der Waals surface area contributed by atoms with Crippen LogP contribution in [0.2, 0.25) is 0 Å². The van der Waals surface area contributed by atoms with Crippen LogP contribution in [0, 0.1) is 0 Å². The molecule has 0 saturated carbocycles. The van der Waals surface area contributed by atoms with Crippen LogP contribution in [0.1, 0.15) is 42.5 Å². The Hall–Kier alpha value is -2.17. The van der Waals surface area contributed by atoms with Crippen molar-refractivity contribution in [2.75, 3.05) is 19.7 Å². The third-order valence-corrected chi connectivity index (χ3v) is 6.05. The molecule has 4 heteroatoms. The first kappa shape index (κ1) is 18.2. The van der Waals surface area contributed by atoms with Gasteiger partial charge in [0.25, 0.3) is 0 Å². The van der Waals surface area contributed by atoms with Crippen molar-refractivity contribution < 1.29 is 9.53 Å². The van der Waals surface area contributed by atoms with Crippen LogP contribution < -0.4 is 10.6 Å². The minimum absolute atomic E-state index is 0.0114. The number of piperidine rings is 1. The van der Waals surface area contributed by atoms with Crippen LogP contribution in [0.4, 0.5) is 0 Å². The van der Waals surface area contributed by atoms with Crippen LogP contribution in [-0.4, -0.2) is 31.7 Å². The molecule has 0 radical (unpaired) electrons. The van der Waals surface area contributed by atoms with Crippen molar-refractivity contribution in [2.24, 2.45) is 0 Å². The van der Waals surface area contributed by atoms with Crippen molar-refractivity contribution >= 4 is 5.91 Å². The van der Waals surface area contributed by atoms with E-state index in [4.69, 9.17) is 4.74 Å². The zero-order valence-corrected chi connectivity index (χ0v) is 15.9. The Labute approximate surface area is 161 Å². The molecule has 2 N–H and O–H groups in total. The Morgan fingerprint density at radius 2 is 1.81 bits per heavy atom. The summed E-state index contributed by atoms with van der Waals surface area (Å²) in [6.45, 7) is 4.67. The highest BCUT2D eigenvalue weighted by atomic mass is 16.5. The molecule has 1 aliphatic carbocycles. The molecule has 0 bridgehead atoms. The SMILES string of the molecule is CCOC1C(NC(=O)Cc2ccccc2)c2ccccc2C12CCNCC2. The lowest BCUT2D eigenvalue weighted by Crippen LogP contribution is -2.50. The van der Waals surface area contributed by atoms with Gasteiger partial charge in [0.15, 0.2) is 0 Å². The van der Waals surface area contributed by atoms with Gasteiger partial charge in [-0.15, -0.1) is 0 Å². The van der Waals surface area contributed by atoms with Gasteiger partial charge in [-0.25, -0.2) is 0 Å². The smallest absolute Gasteiger partial charge is 0.224 e. The third-order valence-electron chi connectivity index (χ3n) is 6.05. The molecular formula is C23H28N2O2. The standard InChI is InChI=1S/C23H28N2O2/c1-2-27-22-21(25-20(26)16-17-8-4-3-5-9-17)18-10-6-7-11-19(18)23(22)12-14-24-15-13-23/h3-11,21-22,24H,2,12-16H2,1H3,(H,25,26). The van der Waals surface area contributed by atoms with E-state index in [-0.39, 0.29) is 23.5 Å². The van der Waals surface area contributed by atoms with E-state index in [2.05, 4.69) is 34.9 Å². The van der Waals surface area contributed by atoms with Gasteiger partial charge in [0.1, 0.15) is 0 Å². The van der Waals surface area contributed by atoms with Crippen molar-refractivity contribution in [1.82, 2.24) is 10.6 Å². The average molecular weight is 364 g/mol. The van der Waals surface area contributed by atoms with E-state index in [0.29, 0.717) is 13.0 Å². The second-order valence-electron chi connectivity index (χ2n) is 7.58. The van der Waals surface area contributed by atoms with Gasteiger partial charge in [-0.2, -0.15) is 0 Å². The Morgan fingerprint density at radius 3 is 2.56 bits per heavy atom. The van der Waals surface area contributed by atoms with Crippen LogP contribution in [0.3, 0.4) is 0 Å². The first-order valence-electron chi connectivity index (χ1n) is 9.99. The molecule has 1 spiro atoms. The van der Waals surface area contributed by atoms with Crippen LogP contribution in [0.5, 0.6) is 0 Å². The highest BCUT2D eigenvalue weighted by molar-refractivity contribution is 5.79. The maximum Gasteiger partial charge on any atom is 0.224 e. The molecule has 0 aromatic heterocycles. The molecule has 4 rings (SSSR count). The van der Waals surface area contributed by atoms with Crippen molar-refractivity contribution in [2.45, 2.75) is 43.7 Å². The number of carbonyl (C=O) groups excluding carboxylic acids is 1. The number of benzene rings is 2. The summed E-state index contributed by atoms with van der Waals surface area (Å²) in [5.74, 6) is 0.0525. The summed E-state index contributed by atoms with van der Waals surface area (Å²) >= 11 is 0. The van der Waals surface area contributed by atoms with Crippen LogP contribution >= 0.6 is 0 Å². The summed E-state index contributed by atoms with van der Waals surface area (Å²) in [6.07, 6.45) is 2.47. The molecule has 1 aliphatic heterocycles. The van der Waals surface area contributed by atoms with Crippen molar-refractivity contribution in [3.05, 3.63) is 71.3 Å². The summed E-state index contributed by atoms with van der Waals surface area (Å²) in [7, 11) is 0. The maximum atomic E-state index is 12.8. The average Bonchev–Trinajstić information content (AvgIpc) is 2.93. The molecule has 2 aromatic rings. The van der Waals surface area contributed by atoms with Gasteiger partial charge in [-0.1, -0.05) is 54.6 Å². The molecule has 142 valence electrons. The number of amides is 1. The Balaban J connectivity index is 1.63. The van der Waals surface area contributed by atoms with Crippen LogP contribution in [-0.2, 0) is 21.4 Å². The first-order chi connectivity index (χ1) is 13.2. The third kappa shape index (κ3) is 3.40. The molecule has 1 amide bonds. The van der Waals surface area contributed by atoms with Crippen molar-refractivity contribution in [1.29, 1.82) is 0 Å². The normalized spacial score (nSPS) is 23.1. The Kier molecular flexibility index (Phi) is 5.28. The molecule has 2 aliphatic rings. The first-order valence-corrected chi connectivity index (χ1v) is 9.99. The van der Waals surface area contributed by atoms with Gasteiger partial charge in [0.2, 0.25) is 5.91 Å². The molecular weight excluding hydrogens is 336 g/mol. The number of ether oxygens (including phenoxy) is 1. The van der Waals surface area contributed by atoms with Crippen LogP contribution in [0.25, 0.3) is 0 Å². The number of carbonyl (C=O) groups is 1. The number of fused-ring (bicyclic) bond motifs is 2. The number of nitrogens with one attached hydrogen (secondary N) is 2. The highest BCUT2D eigenvalue weighted by Gasteiger charge is 2.53. The fourth-order valence-electron chi connectivity index (χ4n) is 4.88. The molecule has 1 fully saturated rings. The fraction of sp³-hybridized carbons (Fsp3) is 0.435. The molecule has 27 heavy (non-hydrogen) atoms. The monoisotopic (exact) mass is 364 g/mol. The van der Waals surface area contributed by atoms with Gasteiger partial charge in [-0.05, 0) is 49.5 Å². The lowest BCUT2D eigenvalue weighted by molar-refractivity contribution is -0.123. The molecule has 4 nitrogen and oxygen atoms in total. The Bertz CT molecular complexity index is 784. The molecule has 2 aromatic carbocycles.